The van der Waals surface area contributed by atoms with Crippen molar-refractivity contribution in [2.75, 3.05) is 0 Å². The van der Waals surface area contributed by atoms with Gasteiger partial charge in [0.15, 0.2) is 5.56 Å². The van der Waals surface area contributed by atoms with Gasteiger partial charge in [0, 0.05) is 43.2 Å². The Labute approximate surface area is 204 Å². The van der Waals surface area contributed by atoms with Gasteiger partial charge in [-0.15, -0.1) is 0 Å². The number of H-pyrrole nitrogens is 2. The minimum absolute atomic E-state index is 0.260. The zero-order valence-electron chi connectivity index (χ0n) is 20.1. The van der Waals surface area contributed by atoms with Crippen LogP contribution in [-0.2, 0) is 31.7 Å². The van der Waals surface area contributed by atoms with Gasteiger partial charge in [-0.25, -0.2) is 9.59 Å². The molecule has 0 spiro atoms. The Balaban J connectivity index is 1.68. The molecule has 0 unspecified atom stereocenters. The standard InChI is InChI=1S/C24H24N6O6/c1-5-12-7-16(21(32)27-18(12)13-8-25-29(3)10-13)23(34)36-24(35)17-20(31)15(6-2)19(28-22(17)33)14-9-26-30(4)11-14/h7-11H,5-6H2,1-4H3,(H,27,32)(H2,28,31,33). The topological polar surface area (TPSA) is 165 Å². The Morgan fingerprint density at radius 3 is 2.03 bits per heavy atom. The van der Waals surface area contributed by atoms with Gasteiger partial charge in [0.05, 0.1) is 23.8 Å². The van der Waals surface area contributed by atoms with E-state index in [9.17, 15) is 24.3 Å². The predicted molar refractivity (Wildman–Crippen MR) is 129 cm³/mol. The summed E-state index contributed by atoms with van der Waals surface area (Å²) in [5.41, 5.74) is 0.00524. The van der Waals surface area contributed by atoms with Crippen LogP contribution in [0.25, 0.3) is 22.5 Å². The molecule has 12 nitrogen and oxygen atoms in total. The van der Waals surface area contributed by atoms with Crippen LogP contribution in [0.5, 0.6) is 5.75 Å². The maximum atomic E-state index is 12.8. The van der Waals surface area contributed by atoms with Gasteiger partial charge >= 0.3 is 11.9 Å². The average molecular weight is 492 g/mol. The van der Waals surface area contributed by atoms with E-state index in [4.69, 9.17) is 4.74 Å². The Kier molecular flexibility index (Phi) is 6.43. The van der Waals surface area contributed by atoms with Crippen LogP contribution in [0.4, 0.5) is 0 Å². The number of aromatic hydroxyl groups is 1. The van der Waals surface area contributed by atoms with E-state index in [1.165, 1.54) is 16.9 Å². The van der Waals surface area contributed by atoms with Crippen molar-refractivity contribution in [2.45, 2.75) is 26.7 Å². The first-order valence-electron chi connectivity index (χ1n) is 11.1. The summed E-state index contributed by atoms with van der Waals surface area (Å²) in [6, 6.07) is 1.34. The number of nitrogens with zero attached hydrogens (tertiary/aromatic N) is 4. The van der Waals surface area contributed by atoms with Gasteiger partial charge in [-0.2, -0.15) is 10.2 Å². The van der Waals surface area contributed by atoms with Gasteiger partial charge in [-0.05, 0) is 24.5 Å². The summed E-state index contributed by atoms with van der Waals surface area (Å²) in [6.45, 7) is 3.56. The lowest BCUT2D eigenvalue weighted by Gasteiger charge is -2.12. The van der Waals surface area contributed by atoms with Crippen molar-refractivity contribution in [3.63, 3.8) is 0 Å². The molecule has 36 heavy (non-hydrogen) atoms. The van der Waals surface area contributed by atoms with Gasteiger partial charge < -0.3 is 19.8 Å². The molecule has 3 N–H and O–H groups in total. The number of aromatic amines is 2. The van der Waals surface area contributed by atoms with E-state index in [-0.39, 0.29) is 12.0 Å². The van der Waals surface area contributed by atoms with Crippen molar-refractivity contribution in [1.29, 1.82) is 0 Å². The Hall–Kier alpha value is -4.74. The van der Waals surface area contributed by atoms with Gasteiger partial charge in [-0.3, -0.25) is 19.0 Å². The summed E-state index contributed by atoms with van der Waals surface area (Å²) >= 11 is 0. The second-order valence-corrected chi connectivity index (χ2v) is 8.13. The fourth-order valence-electron chi connectivity index (χ4n) is 3.96. The fraction of sp³-hybridized carbons (Fsp3) is 0.250. The molecule has 4 heterocycles. The number of rotatable bonds is 6. The summed E-state index contributed by atoms with van der Waals surface area (Å²) in [5.74, 6) is -3.23. The molecule has 0 aliphatic heterocycles. The first-order valence-corrected chi connectivity index (χ1v) is 11.1. The molecule has 0 bridgehead atoms. The quantitative estimate of drug-likeness (QED) is 0.270. The van der Waals surface area contributed by atoms with E-state index in [2.05, 4.69) is 20.2 Å². The molecule has 0 aromatic carbocycles. The molecule has 12 heteroatoms. The van der Waals surface area contributed by atoms with Crippen molar-refractivity contribution in [1.82, 2.24) is 29.5 Å². The number of carbonyl (C=O) groups is 2. The molecule has 0 aliphatic carbocycles. The van der Waals surface area contributed by atoms with Crippen molar-refractivity contribution < 1.29 is 19.4 Å². The summed E-state index contributed by atoms with van der Waals surface area (Å²) in [5, 5.41) is 18.9. The van der Waals surface area contributed by atoms with Crippen LogP contribution in [0.2, 0.25) is 0 Å². The summed E-state index contributed by atoms with van der Waals surface area (Å²) in [4.78, 5) is 56.1. The van der Waals surface area contributed by atoms with Crippen LogP contribution >= 0.6 is 0 Å². The lowest BCUT2D eigenvalue weighted by atomic mass is 10.0. The number of ether oxygens (including phenoxy) is 1. The highest BCUT2D eigenvalue weighted by Gasteiger charge is 2.27. The van der Waals surface area contributed by atoms with Crippen LogP contribution in [0.3, 0.4) is 0 Å². The van der Waals surface area contributed by atoms with E-state index in [0.29, 0.717) is 34.5 Å². The molecule has 0 atom stereocenters. The normalized spacial score (nSPS) is 11.0. The number of nitrogens with one attached hydrogen (secondary N) is 2. The van der Waals surface area contributed by atoms with Crippen molar-refractivity contribution in [2.24, 2.45) is 14.1 Å². The third kappa shape index (κ3) is 4.35. The number of aryl methyl sites for hydroxylation is 3. The van der Waals surface area contributed by atoms with E-state index in [0.717, 1.165) is 0 Å². The molecule has 4 aromatic rings. The molecule has 4 rings (SSSR count). The summed E-state index contributed by atoms with van der Waals surface area (Å²) in [6.07, 6.45) is 7.14. The van der Waals surface area contributed by atoms with Crippen LogP contribution < -0.4 is 11.1 Å². The highest BCUT2D eigenvalue weighted by molar-refractivity contribution is 6.04. The van der Waals surface area contributed by atoms with Crippen molar-refractivity contribution >= 4 is 11.9 Å². The first-order chi connectivity index (χ1) is 17.1. The fourth-order valence-corrected chi connectivity index (χ4v) is 3.96. The Morgan fingerprint density at radius 1 is 0.917 bits per heavy atom. The molecule has 186 valence electrons. The van der Waals surface area contributed by atoms with Crippen LogP contribution in [-0.4, -0.2) is 46.6 Å². The molecular formula is C24H24N6O6. The second-order valence-electron chi connectivity index (χ2n) is 8.13. The molecule has 0 fully saturated rings. The van der Waals surface area contributed by atoms with Gasteiger partial charge in [0.1, 0.15) is 11.3 Å². The van der Waals surface area contributed by atoms with E-state index >= 15 is 0 Å². The smallest absolute Gasteiger partial charge is 0.355 e. The van der Waals surface area contributed by atoms with Gasteiger partial charge in [0.25, 0.3) is 11.1 Å². The average Bonchev–Trinajstić information content (AvgIpc) is 3.46. The molecular weight excluding hydrogens is 468 g/mol. The minimum atomic E-state index is -1.38. The SMILES string of the molecule is CCc1cc(C(=O)OC(=O)c2c(O)c(CC)c(-c3cnn(C)c3)[nH]c2=O)c(=O)[nH]c1-c1cnn(C)c1. The largest absolute Gasteiger partial charge is 0.506 e. The predicted octanol–water partition coefficient (Wildman–Crippen LogP) is 1.69. The lowest BCUT2D eigenvalue weighted by Crippen LogP contribution is -2.27. The first kappa shape index (κ1) is 24.4. The summed E-state index contributed by atoms with van der Waals surface area (Å²) in [7, 11) is 3.42. The monoisotopic (exact) mass is 492 g/mol. The number of carbonyl (C=O) groups excluding carboxylic acids is 2. The third-order valence-corrected chi connectivity index (χ3v) is 5.74. The van der Waals surface area contributed by atoms with Gasteiger partial charge in [-0.1, -0.05) is 13.8 Å². The highest BCUT2D eigenvalue weighted by Crippen LogP contribution is 2.30. The number of esters is 2. The van der Waals surface area contributed by atoms with E-state index in [1.54, 1.807) is 44.3 Å². The van der Waals surface area contributed by atoms with Crippen LogP contribution in [0.1, 0.15) is 45.7 Å². The Morgan fingerprint density at radius 2 is 1.50 bits per heavy atom. The number of hydrogen-bond donors (Lipinski definition) is 3. The zero-order chi connectivity index (χ0) is 26.1. The molecule has 0 aliphatic rings. The number of aromatic nitrogens is 6. The number of pyridine rings is 2. The second kappa shape index (κ2) is 9.49. The number of hydrogen-bond acceptors (Lipinski definition) is 8. The van der Waals surface area contributed by atoms with Crippen molar-refractivity contribution in [3.05, 3.63) is 73.8 Å². The summed E-state index contributed by atoms with van der Waals surface area (Å²) < 4.78 is 7.94. The Bertz CT molecular complexity index is 1610. The van der Waals surface area contributed by atoms with Gasteiger partial charge in [0.2, 0.25) is 0 Å². The molecule has 4 aromatic heterocycles. The van der Waals surface area contributed by atoms with Crippen LogP contribution in [0.15, 0.2) is 40.4 Å². The maximum absolute atomic E-state index is 12.8. The molecule has 0 radical (unpaired) electrons. The van der Waals surface area contributed by atoms with E-state index < -0.39 is 39.9 Å². The third-order valence-electron chi connectivity index (χ3n) is 5.74. The van der Waals surface area contributed by atoms with Crippen LogP contribution in [0, 0.1) is 0 Å². The lowest BCUT2D eigenvalue weighted by molar-refractivity contribution is 0.0393. The molecule has 0 saturated heterocycles. The van der Waals surface area contributed by atoms with E-state index in [1.807, 2.05) is 6.92 Å². The minimum Gasteiger partial charge on any atom is -0.506 e. The van der Waals surface area contributed by atoms with Crippen molar-refractivity contribution in [3.8, 4) is 28.3 Å². The highest BCUT2D eigenvalue weighted by atomic mass is 16.6. The zero-order valence-corrected chi connectivity index (χ0v) is 20.1. The molecule has 0 saturated carbocycles. The maximum Gasteiger partial charge on any atom is 0.355 e. The molecule has 0 amide bonds.